The molecule has 1 heterocycles. The molecule has 3 N–H and O–H groups in total. The number of carbonyl (C=O) groups excluding carboxylic acids is 1. The SMILES string of the molecule is COc1ccc([C@H]2CCCCCN2CC(=O)NCCc2ccc(S(N)(=O)=O)cc2)cc1. The second-order valence-electron chi connectivity index (χ2n) is 7.90. The first-order valence-corrected chi connectivity index (χ1v) is 12.2. The minimum Gasteiger partial charge on any atom is -0.497 e. The highest BCUT2D eigenvalue weighted by molar-refractivity contribution is 7.89. The zero-order chi connectivity index (χ0) is 22.3. The molecule has 0 aliphatic carbocycles. The molecule has 2 aromatic carbocycles. The zero-order valence-electron chi connectivity index (χ0n) is 17.9. The lowest BCUT2D eigenvalue weighted by molar-refractivity contribution is -0.122. The lowest BCUT2D eigenvalue weighted by Gasteiger charge is -2.29. The maximum Gasteiger partial charge on any atom is 0.238 e. The highest BCUT2D eigenvalue weighted by Gasteiger charge is 2.24. The predicted molar refractivity (Wildman–Crippen MR) is 120 cm³/mol. The van der Waals surface area contributed by atoms with Crippen LogP contribution in [0.3, 0.4) is 0 Å². The van der Waals surface area contributed by atoms with Crippen molar-refractivity contribution < 1.29 is 17.9 Å². The number of benzene rings is 2. The first kappa shape index (κ1) is 23.2. The fraction of sp³-hybridized carbons (Fsp3) is 0.435. The molecule has 3 rings (SSSR count). The molecule has 7 nitrogen and oxygen atoms in total. The van der Waals surface area contributed by atoms with Crippen LogP contribution in [0.25, 0.3) is 0 Å². The molecule has 0 aromatic heterocycles. The van der Waals surface area contributed by atoms with E-state index < -0.39 is 10.0 Å². The summed E-state index contributed by atoms with van der Waals surface area (Å²) in [5.41, 5.74) is 2.16. The Morgan fingerprint density at radius 2 is 1.81 bits per heavy atom. The number of amides is 1. The molecule has 1 fully saturated rings. The molecule has 1 aliphatic heterocycles. The van der Waals surface area contributed by atoms with Crippen LogP contribution < -0.4 is 15.2 Å². The molecule has 168 valence electrons. The smallest absolute Gasteiger partial charge is 0.238 e. The number of carbonyl (C=O) groups is 1. The Kier molecular flexibility index (Phi) is 8.06. The third-order valence-corrected chi connectivity index (χ3v) is 6.63. The van der Waals surface area contributed by atoms with Crippen LogP contribution in [0, 0.1) is 0 Å². The van der Waals surface area contributed by atoms with E-state index in [0.717, 1.165) is 37.1 Å². The third-order valence-electron chi connectivity index (χ3n) is 5.70. The fourth-order valence-electron chi connectivity index (χ4n) is 3.99. The van der Waals surface area contributed by atoms with Crippen LogP contribution in [-0.2, 0) is 21.2 Å². The van der Waals surface area contributed by atoms with Gasteiger partial charge in [0.25, 0.3) is 0 Å². The number of nitrogens with one attached hydrogen (secondary N) is 1. The molecule has 0 bridgehead atoms. The highest BCUT2D eigenvalue weighted by Crippen LogP contribution is 2.30. The van der Waals surface area contributed by atoms with Crippen LogP contribution in [-0.4, -0.2) is 46.0 Å². The number of primary sulfonamides is 1. The lowest BCUT2D eigenvalue weighted by Crippen LogP contribution is -2.39. The van der Waals surface area contributed by atoms with Gasteiger partial charge in [-0.15, -0.1) is 0 Å². The van der Waals surface area contributed by atoms with Crippen molar-refractivity contribution in [1.82, 2.24) is 10.2 Å². The van der Waals surface area contributed by atoms with Crippen LogP contribution in [0.2, 0.25) is 0 Å². The van der Waals surface area contributed by atoms with Crippen LogP contribution in [0.5, 0.6) is 5.75 Å². The molecule has 0 saturated carbocycles. The molecule has 1 atom stereocenters. The summed E-state index contributed by atoms with van der Waals surface area (Å²) in [5.74, 6) is 0.834. The molecule has 1 amide bonds. The Labute approximate surface area is 184 Å². The highest BCUT2D eigenvalue weighted by atomic mass is 32.2. The summed E-state index contributed by atoms with van der Waals surface area (Å²) in [5, 5.41) is 8.11. The van der Waals surface area contributed by atoms with E-state index in [0.29, 0.717) is 19.5 Å². The number of sulfonamides is 1. The molecule has 8 heteroatoms. The minimum absolute atomic E-state index is 0.00145. The molecular weight excluding hydrogens is 414 g/mol. The van der Waals surface area contributed by atoms with Gasteiger partial charge in [0.05, 0.1) is 18.6 Å². The van der Waals surface area contributed by atoms with Gasteiger partial charge in [-0.3, -0.25) is 9.69 Å². The monoisotopic (exact) mass is 445 g/mol. The van der Waals surface area contributed by atoms with Gasteiger partial charge in [-0.05, 0) is 61.2 Å². The van der Waals surface area contributed by atoms with Crippen molar-refractivity contribution in [3.63, 3.8) is 0 Å². The predicted octanol–water partition coefficient (Wildman–Crippen LogP) is 2.62. The fourth-order valence-corrected chi connectivity index (χ4v) is 4.51. The average molecular weight is 446 g/mol. The lowest BCUT2D eigenvalue weighted by atomic mass is 10.0. The van der Waals surface area contributed by atoms with E-state index in [1.165, 1.54) is 24.1 Å². The molecule has 0 radical (unpaired) electrons. The van der Waals surface area contributed by atoms with Gasteiger partial charge < -0.3 is 10.1 Å². The largest absolute Gasteiger partial charge is 0.497 e. The zero-order valence-corrected chi connectivity index (χ0v) is 18.7. The first-order chi connectivity index (χ1) is 14.9. The van der Waals surface area contributed by atoms with E-state index in [9.17, 15) is 13.2 Å². The maximum atomic E-state index is 12.6. The van der Waals surface area contributed by atoms with Crippen molar-refractivity contribution in [1.29, 1.82) is 0 Å². The van der Waals surface area contributed by atoms with Crippen molar-refractivity contribution >= 4 is 15.9 Å². The summed E-state index contributed by atoms with van der Waals surface area (Å²) in [7, 11) is -2.03. The van der Waals surface area contributed by atoms with Crippen LogP contribution in [0.15, 0.2) is 53.4 Å². The van der Waals surface area contributed by atoms with Crippen LogP contribution >= 0.6 is 0 Å². The van der Waals surface area contributed by atoms with E-state index in [2.05, 4.69) is 22.3 Å². The molecule has 2 aromatic rings. The van der Waals surface area contributed by atoms with Crippen molar-refractivity contribution in [2.45, 2.75) is 43.0 Å². The standard InChI is InChI=1S/C23H31N3O4S/c1-30-20-10-8-19(9-11-20)22-5-3-2-4-16-26(22)17-23(27)25-15-14-18-6-12-21(13-7-18)31(24,28)29/h6-13,22H,2-5,14-17H2,1H3,(H,25,27)(H2,24,28,29)/t22-/m1/s1. The number of nitrogens with two attached hydrogens (primary N) is 1. The van der Waals surface area contributed by atoms with E-state index in [4.69, 9.17) is 9.88 Å². The number of ether oxygens (including phenoxy) is 1. The molecule has 1 saturated heterocycles. The molecule has 0 unspecified atom stereocenters. The Morgan fingerprint density at radius 3 is 2.45 bits per heavy atom. The summed E-state index contributed by atoms with van der Waals surface area (Å²) in [6.45, 7) is 1.76. The second-order valence-corrected chi connectivity index (χ2v) is 9.46. The second kappa shape index (κ2) is 10.7. The third kappa shape index (κ3) is 6.78. The Hall–Kier alpha value is -2.42. The van der Waals surface area contributed by atoms with Gasteiger partial charge in [0.2, 0.25) is 15.9 Å². The summed E-state index contributed by atoms with van der Waals surface area (Å²) < 4.78 is 27.9. The van der Waals surface area contributed by atoms with Gasteiger partial charge in [-0.1, -0.05) is 37.1 Å². The normalized spacial score (nSPS) is 17.7. The Bertz CT molecular complexity index is 959. The number of nitrogens with zero attached hydrogens (tertiary/aromatic N) is 1. The van der Waals surface area contributed by atoms with Crippen LogP contribution in [0.4, 0.5) is 0 Å². The van der Waals surface area contributed by atoms with Gasteiger partial charge in [0, 0.05) is 12.6 Å². The maximum absolute atomic E-state index is 12.6. The summed E-state index contributed by atoms with van der Waals surface area (Å²) in [6.07, 6.45) is 5.09. The Morgan fingerprint density at radius 1 is 1.10 bits per heavy atom. The molecule has 0 spiro atoms. The summed E-state index contributed by atoms with van der Waals surface area (Å²) in [4.78, 5) is 15.0. The summed E-state index contributed by atoms with van der Waals surface area (Å²) in [6, 6.07) is 14.8. The molecule has 31 heavy (non-hydrogen) atoms. The number of rotatable bonds is 8. The van der Waals surface area contributed by atoms with Gasteiger partial charge >= 0.3 is 0 Å². The van der Waals surface area contributed by atoms with Crippen molar-refractivity contribution in [3.8, 4) is 5.75 Å². The first-order valence-electron chi connectivity index (χ1n) is 10.6. The number of hydrogen-bond donors (Lipinski definition) is 2. The topological polar surface area (TPSA) is 102 Å². The van der Waals surface area contributed by atoms with Gasteiger partial charge in [-0.25, -0.2) is 13.6 Å². The minimum atomic E-state index is -3.69. The number of methoxy groups -OCH3 is 1. The number of likely N-dealkylation sites (tertiary alicyclic amines) is 1. The van der Waals surface area contributed by atoms with E-state index in [1.54, 1.807) is 19.2 Å². The van der Waals surface area contributed by atoms with Gasteiger partial charge in [0.1, 0.15) is 5.75 Å². The van der Waals surface area contributed by atoms with E-state index in [-0.39, 0.29) is 16.8 Å². The van der Waals surface area contributed by atoms with Crippen molar-refractivity contribution in [3.05, 3.63) is 59.7 Å². The van der Waals surface area contributed by atoms with Crippen LogP contribution in [0.1, 0.15) is 42.9 Å². The van der Waals surface area contributed by atoms with Gasteiger partial charge in [-0.2, -0.15) is 0 Å². The quantitative estimate of drug-likeness (QED) is 0.650. The van der Waals surface area contributed by atoms with E-state index >= 15 is 0 Å². The number of hydrogen-bond acceptors (Lipinski definition) is 5. The van der Waals surface area contributed by atoms with Gasteiger partial charge in [0.15, 0.2) is 0 Å². The van der Waals surface area contributed by atoms with E-state index in [1.807, 2.05) is 12.1 Å². The van der Waals surface area contributed by atoms with Crippen molar-refractivity contribution in [2.75, 3.05) is 26.7 Å². The molecule has 1 aliphatic rings. The Balaban J connectivity index is 1.54. The summed E-state index contributed by atoms with van der Waals surface area (Å²) >= 11 is 0. The molecular formula is C23H31N3O4S. The average Bonchev–Trinajstić information content (AvgIpc) is 2.99. The van der Waals surface area contributed by atoms with Crippen molar-refractivity contribution in [2.24, 2.45) is 5.14 Å².